The molecule has 1 aliphatic heterocycles. The van der Waals surface area contributed by atoms with Gasteiger partial charge in [0.05, 0.1) is 24.5 Å². The second-order valence-electron chi connectivity index (χ2n) is 5.34. The van der Waals surface area contributed by atoms with E-state index in [2.05, 4.69) is 47.7 Å². The third-order valence-electron chi connectivity index (χ3n) is 3.83. The minimum atomic E-state index is 0.127. The smallest absolute Gasteiger partial charge is 0.122 e. The average Bonchev–Trinajstić information content (AvgIpc) is 3.13. The highest BCUT2D eigenvalue weighted by molar-refractivity contribution is 5.42. The number of nitrogens with one attached hydrogen (secondary N) is 1. The van der Waals surface area contributed by atoms with Gasteiger partial charge in [-0.1, -0.05) is 31.2 Å². The van der Waals surface area contributed by atoms with Gasteiger partial charge in [-0.25, -0.2) is 4.68 Å². The highest BCUT2D eigenvalue weighted by Crippen LogP contribution is 2.30. The van der Waals surface area contributed by atoms with Crippen molar-refractivity contribution in [3.05, 3.63) is 41.2 Å². The van der Waals surface area contributed by atoms with Crippen molar-refractivity contribution in [1.29, 1.82) is 0 Å². The first-order valence-corrected chi connectivity index (χ1v) is 7.70. The van der Waals surface area contributed by atoms with E-state index in [-0.39, 0.29) is 6.04 Å². The lowest BCUT2D eigenvalue weighted by molar-refractivity contribution is 0.356. The molecule has 2 aromatic rings. The summed E-state index contributed by atoms with van der Waals surface area (Å²) in [6.07, 6.45) is 3.91. The summed E-state index contributed by atoms with van der Waals surface area (Å²) < 4.78 is 7.59. The van der Waals surface area contributed by atoms with E-state index in [1.807, 2.05) is 10.9 Å². The first-order chi connectivity index (χ1) is 10.3. The number of aryl methyl sites for hydroxylation is 1. The SMILES string of the molecule is CCCn1nncc1C(NCC)c1ccc2c(c1)CCO2. The molecule has 1 atom stereocenters. The molecule has 0 spiro atoms. The average molecular weight is 286 g/mol. The van der Waals surface area contributed by atoms with E-state index < -0.39 is 0 Å². The van der Waals surface area contributed by atoms with Crippen molar-refractivity contribution in [2.24, 2.45) is 0 Å². The molecule has 112 valence electrons. The Morgan fingerprint density at radius 3 is 3.10 bits per heavy atom. The summed E-state index contributed by atoms with van der Waals surface area (Å²) in [5, 5.41) is 11.8. The molecule has 5 heteroatoms. The summed E-state index contributed by atoms with van der Waals surface area (Å²) in [4.78, 5) is 0. The van der Waals surface area contributed by atoms with Gasteiger partial charge in [-0.15, -0.1) is 5.10 Å². The predicted octanol–water partition coefficient (Wildman–Crippen LogP) is 2.32. The highest BCUT2D eigenvalue weighted by Gasteiger charge is 2.21. The van der Waals surface area contributed by atoms with Crippen LogP contribution in [0, 0.1) is 0 Å². The van der Waals surface area contributed by atoms with Crippen molar-refractivity contribution in [3.63, 3.8) is 0 Å². The van der Waals surface area contributed by atoms with Crippen LogP contribution in [-0.4, -0.2) is 28.1 Å². The molecule has 0 amide bonds. The van der Waals surface area contributed by atoms with Gasteiger partial charge in [0.2, 0.25) is 0 Å². The molecule has 0 bridgehead atoms. The lowest BCUT2D eigenvalue weighted by Gasteiger charge is -2.19. The number of nitrogens with zero attached hydrogens (tertiary/aromatic N) is 3. The maximum absolute atomic E-state index is 5.60. The predicted molar refractivity (Wildman–Crippen MR) is 81.5 cm³/mol. The summed E-state index contributed by atoms with van der Waals surface area (Å²) >= 11 is 0. The van der Waals surface area contributed by atoms with Crippen molar-refractivity contribution in [2.45, 2.75) is 39.3 Å². The Labute approximate surface area is 125 Å². The highest BCUT2D eigenvalue weighted by atomic mass is 16.5. The molecule has 1 aliphatic rings. The van der Waals surface area contributed by atoms with Crippen LogP contribution < -0.4 is 10.1 Å². The summed E-state index contributed by atoms with van der Waals surface area (Å²) in [5.41, 5.74) is 3.67. The van der Waals surface area contributed by atoms with Crippen LogP contribution in [0.3, 0.4) is 0 Å². The Morgan fingerprint density at radius 1 is 1.38 bits per heavy atom. The Morgan fingerprint density at radius 2 is 2.29 bits per heavy atom. The molecule has 1 N–H and O–H groups in total. The zero-order valence-corrected chi connectivity index (χ0v) is 12.7. The van der Waals surface area contributed by atoms with Gasteiger partial charge < -0.3 is 10.1 Å². The van der Waals surface area contributed by atoms with Gasteiger partial charge in [0.15, 0.2) is 0 Å². The topological polar surface area (TPSA) is 52.0 Å². The number of aromatic nitrogens is 3. The molecule has 21 heavy (non-hydrogen) atoms. The molecular weight excluding hydrogens is 264 g/mol. The molecular formula is C16H22N4O. The van der Waals surface area contributed by atoms with E-state index in [1.54, 1.807) is 0 Å². The van der Waals surface area contributed by atoms with E-state index in [0.29, 0.717) is 0 Å². The minimum Gasteiger partial charge on any atom is -0.493 e. The van der Waals surface area contributed by atoms with E-state index in [0.717, 1.165) is 44.0 Å². The molecule has 0 saturated carbocycles. The second-order valence-corrected chi connectivity index (χ2v) is 5.34. The fourth-order valence-electron chi connectivity index (χ4n) is 2.86. The van der Waals surface area contributed by atoms with Crippen LogP contribution in [0.15, 0.2) is 24.4 Å². The molecule has 1 unspecified atom stereocenters. The van der Waals surface area contributed by atoms with Gasteiger partial charge in [-0.2, -0.15) is 0 Å². The van der Waals surface area contributed by atoms with E-state index >= 15 is 0 Å². The molecule has 0 saturated heterocycles. The molecule has 1 aromatic carbocycles. The van der Waals surface area contributed by atoms with Crippen LogP contribution in [0.1, 0.15) is 43.1 Å². The van der Waals surface area contributed by atoms with E-state index in [1.165, 1.54) is 11.1 Å². The monoisotopic (exact) mass is 286 g/mol. The van der Waals surface area contributed by atoms with Crippen molar-refractivity contribution in [2.75, 3.05) is 13.2 Å². The van der Waals surface area contributed by atoms with Crippen LogP contribution in [0.4, 0.5) is 0 Å². The number of benzene rings is 1. The maximum Gasteiger partial charge on any atom is 0.122 e. The van der Waals surface area contributed by atoms with Crippen LogP contribution in [0.5, 0.6) is 5.75 Å². The fraction of sp³-hybridized carbons (Fsp3) is 0.500. The second kappa shape index (κ2) is 6.26. The van der Waals surface area contributed by atoms with Crippen molar-refractivity contribution in [3.8, 4) is 5.75 Å². The lowest BCUT2D eigenvalue weighted by atomic mass is 10.00. The van der Waals surface area contributed by atoms with Crippen LogP contribution >= 0.6 is 0 Å². The summed E-state index contributed by atoms with van der Waals surface area (Å²) in [5.74, 6) is 1.02. The lowest BCUT2D eigenvalue weighted by Crippen LogP contribution is -2.25. The van der Waals surface area contributed by atoms with Gasteiger partial charge in [-0.05, 0) is 30.2 Å². The molecule has 3 rings (SSSR count). The minimum absolute atomic E-state index is 0.127. The van der Waals surface area contributed by atoms with Gasteiger partial charge >= 0.3 is 0 Å². The van der Waals surface area contributed by atoms with Crippen LogP contribution in [0.2, 0.25) is 0 Å². The van der Waals surface area contributed by atoms with Gasteiger partial charge in [0.25, 0.3) is 0 Å². The van der Waals surface area contributed by atoms with Crippen molar-refractivity contribution in [1.82, 2.24) is 20.3 Å². The van der Waals surface area contributed by atoms with E-state index in [4.69, 9.17) is 4.74 Å². The molecule has 0 aliphatic carbocycles. The molecule has 5 nitrogen and oxygen atoms in total. The van der Waals surface area contributed by atoms with Crippen LogP contribution in [0.25, 0.3) is 0 Å². The first-order valence-electron chi connectivity index (χ1n) is 7.70. The van der Waals surface area contributed by atoms with Gasteiger partial charge in [0, 0.05) is 13.0 Å². The Balaban J connectivity index is 1.95. The number of fused-ring (bicyclic) bond motifs is 1. The normalized spacial score (nSPS) is 14.8. The number of rotatable bonds is 6. The third-order valence-corrected chi connectivity index (χ3v) is 3.83. The Kier molecular flexibility index (Phi) is 4.20. The zero-order chi connectivity index (χ0) is 14.7. The van der Waals surface area contributed by atoms with Gasteiger partial charge in [-0.3, -0.25) is 0 Å². The quantitative estimate of drug-likeness (QED) is 0.885. The zero-order valence-electron chi connectivity index (χ0n) is 12.7. The number of hydrogen-bond acceptors (Lipinski definition) is 4. The summed E-state index contributed by atoms with van der Waals surface area (Å²) in [6, 6.07) is 6.60. The first kappa shape index (κ1) is 14.1. The summed E-state index contributed by atoms with van der Waals surface area (Å²) in [6.45, 7) is 6.86. The standard InChI is InChI=1S/C16H22N4O/c1-3-8-20-14(11-18-19-20)16(17-4-2)13-5-6-15-12(10-13)7-9-21-15/h5-6,10-11,16-17H,3-4,7-9H2,1-2H3. The summed E-state index contributed by atoms with van der Waals surface area (Å²) in [7, 11) is 0. The molecule has 2 heterocycles. The van der Waals surface area contributed by atoms with Crippen molar-refractivity contribution < 1.29 is 4.74 Å². The van der Waals surface area contributed by atoms with Crippen molar-refractivity contribution >= 4 is 0 Å². The van der Waals surface area contributed by atoms with Gasteiger partial charge in [0.1, 0.15) is 5.75 Å². The maximum atomic E-state index is 5.60. The third kappa shape index (κ3) is 2.78. The fourth-order valence-corrected chi connectivity index (χ4v) is 2.86. The number of ether oxygens (including phenoxy) is 1. The molecule has 1 aromatic heterocycles. The Hall–Kier alpha value is -1.88. The molecule has 0 fully saturated rings. The molecule has 0 radical (unpaired) electrons. The van der Waals surface area contributed by atoms with Crippen LogP contribution in [-0.2, 0) is 13.0 Å². The van der Waals surface area contributed by atoms with E-state index in [9.17, 15) is 0 Å². The Bertz CT molecular complexity index is 608. The number of hydrogen-bond donors (Lipinski definition) is 1. The largest absolute Gasteiger partial charge is 0.493 e.